The molecule has 150 valence electrons. The summed E-state index contributed by atoms with van der Waals surface area (Å²) in [7, 11) is 0. The zero-order valence-corrected chi connectivity index (χ0v) is 16.5. The molecule has 0 aliphatic heterocycles. The maximum absolute atomic E-state index is 13.9. The normalized spacial score (nSPS) is 12.0. The fourth-order valence-corrected chi connectivity index (χ4v) is 3.71. The summed E-state index contributed by atoms with van der Waals surface area (Å²) in [6, 6.07) is 9.57. The van der Waals surface area contributed by atoms with Crippen molar-refractivity contribution in [2.24, 2.45) is 0 Å². The van der Waals surface area contributed by atoms with Gasteiger partial charge in [-0.25, -0.2) is 13.8 Å². The topological polar surface area (TPSA) is 64.0 Å². The summed E-state index contributed by atoms with van der Waals surface area (Å²) in [5.74, 6) is -1.78. The lowest BCUT2D eigenvalue weighted by atomic mass is 10.1. The second-order valence-corrected chi connectivity index (χ2v) is 7.30. The first-order chi connectivity index (χ1) is 13.9. The predicted molar refractivity (Wildman–Crippen MR) is 110 cm³/mol. The average Bonchev–Trinajstić information content (AvgIpc) is 2.68. The molecule has 0 radical (unpaired) electrons. The van der Waals surface area contributed by atoms with Crippen molar-refractivity contribution >= 4 is 28.6 Å². The molecule has 0 aliphatic carbocycles. The average molecular weight is 415 g/mol. The summed E-state index contributed by atoms with van der Waals surface area (Å²) in [6.07, 6.45) is 1.58. The molecule has 1 amide bonds. The largest absolute Gasteiger partial charge is 0.349 e. The first-order valence-electron chi connectivity index (χ1n) is 8.88. The second-order valence-electron chi connectivity index (χ2n) is 6.36. The monoisotopic (exact) mass is 415 g/mol. The van der Waals surface area contributed by atoms with Crippen molar-refractivity contribution in [3.05, 3.63) is 82.7 Å². The van der Waals surface area contributed by atoms with Crippen LogP contribution in [0.5, 0.6) is 0 Å². The van der Waals surface area contributed by atoms with E-state index in [-0.39, 0.29) is 29.3 Å². The Morgan fingerprint density at radius 3 is 2.79 bits per heavy atom. The maximum Gasteiger partial charge on any atom is 0.262 e. The predicted octanol–water partition coefficient (Wildman–Crippen LogP) is 3.83. The minimum atomic E-state index is -0.721. The van der Waals surface area contributed by atoms with E-state index in [9.17, 15) is 18.4 Å². The highest BCUT2D eigenvalue weighted by molar-refractivity contribution is 7.99. The number of hydrogen-bond donors (Lipinski definition) is 1. The number of amides is 1. The van der Waals surface area contributed by atoms with Crippen molar-refractivity contribution in [3.63, 3.8) is 0 Å². The van der Waals surface area contributed by atoms with Gasteiger partial charge < -0.3 is 5.32 Å². The van der Waals surface area contributed by atoms with Gasteiger partial charge in [0.2, 0.25) is 5.91 Å². The Labute approximate surface area is 170 Å². The number of carbonyl (C=O) groups is 1. The van der Waals surface area contributed by atoms with Gasteiger partial charge in [0.1, 0.15) is 11.6 Å². The van der Waals surface area contributed by atoms with Crippen molar-refractivity contribution in [1.82, 2.24) is 14.9 Å². The van der Waals surface area contributed by atoms with Gasteiger partial charge in [0.15, 0.2) is 5.16 Å². The van der Waals surface area contributed by atoms with Gasteiger partial charge in [-0.05, 0) is 25.1 Å². The Bertz CT molecular complexity index is 1130. The number of para-hydroxylation sites is 1. The van der Waals surface area contributed by atoms with Crippen LogP contribution in [0.3, 0.4) is 0 Å². The number of benzene rings is 2. The molecule has 1 heterocycles. The molecule has 5 nitrogen and oxygen atoms in total. The highest BCUT2D eigenvalue weighted by atomic mass is 32.2. The van der Waals surface area contributed by atoms with Gasteiger partial charge >= 0.3 is 0 Å². The Balaban J connectivity index is 1.75. The lowest BCUT2D eigenvalue weighted by molar-refractivity contribution is -0.119. The third-order valence-electron chi connectivity index (χ3n) is 4.28. The zero-order valence-electron chi connectivity index (χ0n) is 15.7. The minimum absolute atomic E-state index is 0.0188. The molecule has 0 saturated heterocycles. The van der Waals surface area contributed by atoms with Crippen LogP contribution in [0, 0.1) is 11.6 Å². The van der Waals surface area contributed by atoms with Crippen molar-refractivity contribution in [2.45, 2.75) is 24.7 Å². The molecule has 29 heavy (non-hydrogen) atoms. The Morgan fingerprint density at radius 1 is 1.31 bits per heavy atom. The van der Waals surface area contributed by atoms with Crippen molar-refractivity contribution in [2.75, 3.05) is 5.75 Å². The van der Waals surface area contributed by atoms with E-state index in [1.165, 1.54) is 10.6 Å². The fourth-order valence-electron chi connectivity index (χ4n) is 2.89. The summed E-state index contributed by atoms with van der Waals surface area (Å²) in [5, 5.41) is 3.55. The molecule has 0 fully saturated rings. The van der Waals surface area contributed by atoms with E-state index < -0.39 is 17.7 Å². The number of nitrogens with zero attached hydrogens (tertiary/aromatic N) is 2. The van der Waals surface area contributed by atoms with Gasteiger partial charge in [-0.2, -0.15) is 0 Å². The zero-order chi connectivity index (χ0) is 21.0. The summed E-state index contributed by atoms with van der Waals surface area (Å²) in [4.78, 5) is 29.5. The number of nitrogens with one attached hydrogen (secondary N) is 1. The van der Waals surface area contributed by atoms with Gasteiger partial charge in [-0.3, -0.25) is 14.2 Å². The molecule has 0 aliphatic rings. The molecule has 0 unspecified atom stereocenters. The SMILES string of the molecule is C=CCn1c(SCC(=O)N[C@H](C)c2ccc(F)cc2F)nc2ccccc2c1=O. The molecule has 2 aromatic carbocycles. The number of aromatic nitrogens is 2. The van der Waals surface area contributed by atoms with Crippen LogP contribution in [0.25, 0.3) is 10.9 Å². The molecule has 8 heteroatoms. The molecule has 3 rings (SSSR count). The van der Waals surface area contributed by atoms with E-state index in [4.69, 9.17) is 0 Å². The Kier molecular flexibility index (Phi) is 6.43. The number of carbonyl (C=O) groups excluding carboxylic acids is 1. The smallest absolute Gasteiger partial charge is 0.262 e. The quantitative estimate of drug-likeness (QED) is 0.362. The van der Waals surface area contributed by atoms with Crippen LogP contribution in [0.4, 0.5) is 8.78 Å². The molecular weight excluding hydrogens is 396 g/mol. The van der Waals surface area contributed by atoms with E-state index in [0.29, 0.717) is 16.1 Å². The highest BCUT2D eigenvalue weighted by Crippen LogP contribution is 2.20. The van der Waals surface area contributed by atoms with Gasteiger partial charge in [0.25, 0.3) is 5.56 Å². The third kappa shape index (κ3) is 4.71. The van der Waals surface area contributed by atoms with Crippen molar-refractivity contribution in [1.29, 1.82) is 0 Å². The number of thioether (sulfide) groups is 1. The second kappa shape index (κ2) is 9.00. The van der Waals surface area contributed by atoms with Gasteiger partial charge in [-0.1, -0.05) is 36.0 Å². The van der Waals surface area contributed by atoms with E-state index in [1.807, 2.05) is 0 Å². The molecule has 3 aromatic rings. The van der Waals surface area contributed by atoms with Gasteiger partial charge in [-0.15, -0.1) is 6.58 Å². The molecule has 0 bridgehead atoms. The van der Waals surface area contributed by atoms with Crippen LogP contribution in [0.1, 0.15) is 18.5 Å². The van der Waals surface area contributed by atoms with E-state index in [0.717, 1.165) is 23.9 Å². The number of halogens is 2. The molecular formula is C21H19F2N3O2S. The van der Waals surface area contributed by atoms with Gasteiger partial charge in [0.05, 0.1) is 22.7 Å². The molecule has 0 spiro atoms. The molecule has 0 saturated carbocycles. The minimum Gasteiger partial charge on any atom is -0.349 e. The molecule has 1 atom stereocenters. The van der Waals surface area contributed by atoms with Crippen molar-refractivity contribution in [3.8, 4) is 0 Å². The fraction of sp³-hybridized carbons (Fsp3) is 0.190. The van der Waals surface area contributed by atoms with Crippen LogP contribution in [-0.2, 0) is 11.3 Å². The first kappa shape index (κ1) is 20.7. The van der Waals surface area contributed by atoms with E-state index in [2.05, 4.69) is 16.9 Å². The summed E-state index contributed by atoms with van der Waals surface area (Å²) < 4.78 is 28.4. The lowest BCUT2D eigenvalue weighted by Crippen LogP contribution is -2.29. The third-order valence-corrected chi connectivity index (χ3v) is 5.25. The van der Waals surface area contributed by atoms with Crippen LogP contribution in [-0.4, -0.2) is 21.2 Å². The summed E-state index contributed by atoms with van der Waals surface area (Å²) in [5.41, 5.74) is 0.528. The lowest BCUT2D eigenvalue weighted by Gasteiger charge is -2.16. The van der Waals surface area contributed by atoms with E-state index >= 15 is 0 Å². The number of rotatable bonds is 7. The molecule has 1 aromatic heterocycles. The standard InChI is InChI=1S/C21H19F2N3O2S/c1-3-10-26-20(28)16-6-4-5-7-18(16)25-21(26)29-12-19(27)24-13(2)15-9-8-14(22)11-17(15)23/h3-9,11,13H,1,10,12H2,2H3,(H,24,27)/t13-/m1/s1. The summed E-state index contributed by atoms with van der Waals surface area (Å²) in [6.45, 7) is 5.54. The first-order valence-corrected chi connectivity index (χ1v) is 9.87. The van der Waals surface area contributed by atoms with Crippen molar-refractivity contribution < 1.29 is 13.6 Å². The Morgan fingerprint density at radius 2 is 2.07 bits per heavy atom. The number of fused-ring (bicyclic) bond motifs is 1. The van der Waals surface area contributed by atoms with Crippen LogP contribution in [0.2, 0.25) is 0 Å². The maximum atomic E-state index is 13.9. The van der Waals surface area contributed by atoms with Crippen LogP contribution >= 0.6 is 11.8 Å². The molecule has 1 N–H and O–H groups in total. The highest BCUT2D eigenvalue weighted by Gasteiger charge is 2.16. The number of hydrogen-bond acceptors (Lipinski definition) is 4. The van der Waals surface area contributed by atoms with Gasteiger partial charge in [0, 0.05) is 18.2 Å². The van der Waals surface area contributed by atoms with Crippen LogP contribution < -0.4 is 10.9 Å². The summed E-state index contributed by atoms with van der Waals surface area (Å²) >= 11 is 1.11. The Hall–Kier alpha value is -3.00. The number of allylic oxidation sites excluding steroid dienone is 1. The van der Waals surface area contributed by atoms with Crippen LogP contribution in [0.15, 0.2) is 65.1 Å². The van der Waals surface area contributed by atoms with E-state index in [1.54, 1.807) is 37.3 Å².